The number of benzene rings is 2. The molecule has 3 heterocycles. The van der Waals surface area contributed by atoms with Crippen molar-refractivity contribution in [3.05, 3.63) is 83.7 Å². The fourth-order valence-corrected chi connectivity index (χ4v) is 3.63. The van der Waals surface area contributed by atoms with Gasteiger partial charge in [0.05, 0.1) is 6.20 Å². The molecule has 0 aliphatic carbocycles. The highest BCUT2D eigenvalue weighted by Crippen LogP contribution is 2.40. The highest BCUT2D eigenvalue weighted by atomic mass is 16.7. The highest BCUT2D eigenvalue weighted by molar-refractivity contribution is 5.86. The van der Waals surface area contributed by atoms with Gasteiger partial charge in [-0.15, -0.1) is 0 Å². The van der Waals surface area contributed by atoms with Gasteiger partial charge in [-0.2, -0.15) is 0 Å². The normalized spacial score (nSPS) is 13.4. The lowest BCUT2D eigenvalue weighted by Gasteiger charge is -2.18. The maximum Gasteiger partial charge on any atom is 0.273 e. The number of aryl methyl sites for hydroxylation is 1. The minimum atomic E-state index is -0.325. The minimum Gasteiger partial charge on any atom is -0.505 e. The number of anilines is 1. The third kappa shape index (κ3) is 3.18. The van der Waals surface area contributed by atoms with Gasteiger partial charge in [0.1, 0.15) is 17.3 Å². The molecule has 1 atom stereocenters. The second kappa shape index (κ2) is 6.98. The number of aromatic nitrogens is 2. The summed E-state index contributed by atoms with van der Waals surface area (Å²) in [5, 5.41) is 15.4. The number of pyridine rings is 2. The van der Waals surface area contributed by atoms with Gasteiger partial charge in [0.25, 0.3) is 5.82 Å². The third-order valence-corrected chi connectivity index (χ3v) is 5.08. The molecular formula is C23H20N3O3+. The molecule has 2 aromatic carbocycles. The first-order chi connectivity index (χ1) is 14.2. The smallest absolute Gasteiger partial charge is 0.273 e. The molecule has 0 spiro atoms. The van der Waals surface area contributed by atoms with Gasteiger partial charge in [0.15, 0.2) is 11.5 Å². The lowest BCUT2D eigenvalue weighted by atomic mass is 9.95. The molecule has 29 heavy (non-hydrogen) atoms. The van der Waals surface area contributed by atoms with Crippen molar-refractivity contribution >= 4 is 16.7 Å². The molecule has 6 heteroatoms. The van der Waals surface area contributed by atoms with Crippen LogP contribution in [0.25, 0.3) is 10.9 Å². The van der Waals surface area contributed by atoms with Crippen LogP contribution in [0.1, 0.15) is 22.7 Å². The molecule has 0 saturated carbocycles. The summed E-state index contributed by atoms with van der Waals surface area (Å²) in [5.41, 5.74) is 3.37. The Morgan fingerprint density at radius 1 is 1.07 bits per heavy atom. The molecule has 1 aliphatic rings. The Kier molecular flexibility index (Phi) is 4.17. The van der Waals surface area contributed by atoms with Gasteiger partial charge in [-0.25, -0.2) is 4.98 Å². The number of fused-ring (bicyclic) bond motifs is 2. The van der Waals surface area contributed by atoms with Crippen molar-refractivity contribution in [1.29, 1.82) is 0 Å². The molecule has 0 fully saturated rings. The van der Waals surface area contributed by atoms with Gasteiger partial charge < -0.3 is 14.6 Å². The molecule has 5 rings (SSSR count). The lowest BCUT2D eigenvalue weighted by molar-refractivity contribution is -0.361. The molecule has 3 N–H and O–H groups in total. The summed E-state index contributed by atoms with van der Waals surface area (Å²) in [6.07, 6.45) is 3.57. The average molecular weight is 386 g/mol. The van der Waals surface area contributed by atoms with Gasteiger partial charge in [0, 0.05) is 28.8 Å². The van der Waals surface area contributed by atoms with Crippen molar-refractivity contribution in [1.82, 2.24) is 4.98 Å². The topological polar surface area (TPSA) is 77.8 Å². The van der Waals surface area contributed by atoms with E-state index in [-0.39, 0.29) is 18.6 Å². The summed E-state index contributed by atoms with van der Waals surface area (Å²) in [5.74, 6) is 2.42. The third-order valence-electron chi connectivity index (χ3n) is 5.08. The zero-order valence-corrected chi connectivity index (χ0v) is 15.8. The number of hydrogen-bond acceptors (Lipinski definition) is 5. The van der Waals surface area contributed by atoms with E-state index in [0.717, 1.165) is 33.6 Å². The first-order valence-corrected chi connectivity index (χ1v) is 9.40. The number of nitrogens with zero attached hydrogens (tertiary/aromatic N) is 1. The number of rotatable bonds is 4. The number of aromatic amines is 1. The van der Waals surface area contributed by atoms with E-state index in [1.165, 1.54) is 0 Å². The first-order valence-electron chi connectivity index (χ1n) is 9.40. The molecule has 0 unspecified atom stereocenters. The second-order valence-corrected chi connectivity index (χ2v) is 7.05. The van der Waals surface area contributed by atoms with Crippen LogP contribution in [-0.4, -0.2) is 16.9 Å². The number of H-pyrrole nitrogens is 1. The summed E-state index contributed by atoms with van der Waals surface area (Å²) < 4.78 is 11.0. The van der Waals surface area contributed by atoms with E-state index in [2.05, 4.69) is 15.3 Å². The number of ether oxygens (including phenoxy) is 2. The second-order valence-electron chi connectivity index (χ2n) is 7.05. The molecule has 6 nitrogen and oxygen atoms in total. The van der Waals surface area contributed by atoms with Crippen molar-refractivity contribution in [3.63, 3.8) is 0 Å². The van der Waals surface area contributed by atoms with Crippen LogP contribution in [-0.2, 0) is 0 Å². The van der Waals surface area contributed by atoms with Crippen LogP contribution in [0.4, 0.5) is 5.82 Å². The SMILES string of the molecule is Cc1cc[nH+]c(N[C@@H](c2ccc3c(c2)OCO3)c2ccc3cccnc3c2O)c1. The quantitative estimate of drug-likeness (QED) is 0.554. The van der Waals surface area contributed by atoms with E-state index in [4.69, 9.17) is 9.47 Å². The number of aromatic hydroxyl groups is 1. The highest BCUT2D eigenvalue weighted by Gasteiger charge is 2.26. The molecular weight excluding hydrogens is 366 g/mol. The average Bonchev–Trinajstić information content (AvgIpc) is 3.21. The van der Waals surface area contributed by atoms with Crippen LogP contribution in [0.5, 0.6) is 17.2 Å². The minimum absolute atomic E-state index is 0.158. The van der Waals surface area contributed by atoms with E-state index < -0.39 is 0 Å². The Balaban J connectivity index is 1.65. The zero-order valence-electron chi connectivity index (χ0n) is 15.8. The Morgan fingerprint density at radius 3 is 2.86 bits per heavy atom. The predicted octanol–water partition coefficient (Wildman–Crippen LogP) is 3.99. The van der Waals surface area contributed by atoms with Crippen LogP contribution in [0.2, 0.25) is 0 Å². The van der Waals surface area contributed by atoms with E-state index in [1.807, 2.05) is 67.7 Å². The maximum atomic E-state index is 11.0. The van der Waals surface area contributed by atoms with E-state index in [0.29, 0.717) is 11.3 Å². The van der Waals surface area contributed by atoms with Gasteiger partial charge in [-0.05, 0) is 42.8 Å². The lowest BCUT2D eigenvalue weighted by Crippen LogP contribution is -2.19. The van der Waals surface area contributed by atoms with E-state index in [1.54, 1.807) is 6.20 Å². The molecule has 1 aliphatic heterocycles. The first kappa shape index (κ1) is 17.3. The Hall–Kier alpha value is -3.80. The number of hydrogen-bond donors (Lipinski definition) is 2. The summed E-state index contributed by atoms with van der Waals surface area (Å²) in [6, 6.07) is 17.2. The van der Waals surface area contributed by atoms with Crippen molar-refractivity contribution in [3.8, 4) is 17.2 Å². The fourth-order valence-electron chi connectivity index (χ4n) is 3.63. The Labute approximate surface area is 167 Å². The van der Waals surface area contributed by atoms with E-state index in [9.17, 15) is 5.11 Å². The Morgan fingerprint density at radius 2 is 1.97 bits per heavy atom. The van der Waals surface area contributed by atoms with Crippen molar-refractivity contribution in [2.45, 2.75) is 13.0 Å². The summed E-state index contributed by atoms with van der Waals surface area (Å²) in [6.45, 7) is 2.25. The van der Waals surface area contributed by atoms with Gasteiger partial charge in [-0.1, -0.05) is 18.2 Å². The number of phenols is 1. The molecule has 0 saturated heterocycles. The molecule has 4 aromatic rings. The molecule has 0 radical (unpaired) electrons. The summed E-state index contributed by atoms with van der Waals surface area (Å²) in [7, 11) is 0. The van der Waals surface area contributed by atoms with Crippen molar-refractivity contribution in [2.75, 3.05) is 12.1 Å². The largest absolute Gasteiger partial charge is 0.505 e. The van der Waals surface area contributed by atoms with Crippen LogP contribution < -0.4 is 19.8 Å². The number of nitrogens with one attached hydrogen (secondary N) is 2. The van der Waals surface area contributed by atoms with Crippen LogP contribution >= 0.6 is 0 Å². The maximum absolute atomic E-state index is 11.0. The van der Waals surface area contributed by atoms with E-state index >= 15 is 0 Å². The molecule has 0 bridgehead atoms. The zero-order chi connectivity index (χ0) is 19.8. The van der Waals surface area contributed by atoms with Gasteiger partial charge >= 0.3 is 0 Å². The van der Waals surface area contributed by atoms with Crippen LogP contribution in [0, 0.1) is 6.92 Å². The van der Waals surface area contributed by atoms with Crippen molar-refractivity contribution < 1.29 is 19.6 Å². The number of phenolic OH excluding ortho intramolecular Hbond substituents is 1. The summed E-state index contributed by atoms with van der Waals surface area (Å²) >= 11 is 0. The molecule has 0 amide bonds. The molecule has 144 valence electrons. The predicted molar refractivity (Wildman–Crippen MR) is 109 cm³/mol. The van der Waals surface area contributed by atoms with Crippen LogP contribution in [0.3, 0.4) is 0 Å². The van der Waals surface area contributed by atoms with Gasteiger partial charge in [0.2, 0.25) is 6.79 Å². The monoisotopic (exact) mass is 386 g/mol. The van der Waals surface area contributed by atoms with Crippen LogP contribution in [0.15, 0.2) is 67.0 Å². The summed E-state index contributed by atoms with van der Waals surface area (Å²) in [4.78, 5) is 7.59. The van der Waals surface area contributed by atoms with Gasteiger partial charge in [-0.3, -0.25) is 10.3 Å². The molecule has 2 aromatic heterocycles. The standard InChI is InChI=1S/C23H19N3O3/c1-14-8-10-24-20(11-14)26-21(16-5-7-18-19(12-16)29-13-28-18)17-6-4-15-3-2-9-25-22(15)23(17)27/h2-12,21,27H,13H2,1H3,(H,24,26)/p+1/t21-/m0/s1. The Bertz CT molecular complexity index is 1210. The van der Waals surface area contributed by atoms with Crippen molar-refractivity contribution in [2.24, 2.45) is 0 Å². The fraction of sp³-hybridized carbons (Fsp3) is 0.130.